The molecule has 2 amide bonds. The van der Waals surface area contributed by atoms with Gasteiger partial charge in [0.2, 0.25) is 0 Å². The van der Waals surface area contributed by atoms with Crippen molar-refractivity contribution in [2.75, 3.05) is 32.7 Å². The molecule has 1 saturated heterocycles. The maximum absolute atomic E-state index is 13.6. The predicted octanol–water partition coefficient (Wildman–Crippen LogP) is 3.36. The number of carbonyl (C=O) groups excluding carboxylic acids is 2. The van der Waals surface area contributed by atoms with Gasteiger partial charge in [-0.25, -0.2) is 5.48 Å². The van der Waals surface area contributed by atoms with E-state index in [-0.39, 0.29) is 18.0 Å². The first-order chi connectivity index (χ1) is 17.7. The lowest BCUT2D eigenvalue weighted by Crippen LogP contribution is -2.58. The van der Waals surface area contributed by atoms with Crippen LogP contribution in [0.4, 0.5) is 0 Å². The number of likely N-dealkylation sites (N-methyl/N-ethyl adjacent to an activating group) is 1. The fraction of sp³-hybridized carbons (Fsp3) is 0.517. The number of piperazine rings is 1. The number of carbonyl (C=O) groups is 2. The van der Waals surface area contributed by atoms with Crippen molar-refractivity contribution < 1.29 is 14.8 Å². The third-order valence-corrected chi connectivity index (χ3v) is 7.21. The quantitative estimate of drug-likeness (QED) is 0.318. The maximum atomic E-state index is 13.6. The summed E-state index contributed by atoms with van der Waals surface area (Å²) in [4.78, 5) is 31.9. The van der Waals surface area contributed by atoms with Crippen molar-refractivity contribution in [1.82, 2.24) is 25.5 Å². The highest BCUT2D eigenvalue weighted by Crippen LogP contribution is 2.21. The van der Waals surface area contributed by atoms with Crippen molar-refractivity contribution in [2.24, 2.45) is 0 Å². The molecular weight excluding hydrogens is 466 g/mol. The van der Waals surface area contributed by atoms with Crippen LogP contribution in [-0.2, 0) is 13.1 Å². The Morgan fingerprint density at radius 3 is 2.24 bits per heavy atom. The lowest BCUT2D eigenvalue weighted by molar-refractivity contribution is 0.0268. The second-order valence-corrected chi connectivity index (χ2v) is 10.2. The number of hydrogen-bond acceptors (Lipinski definition) is 6. The van der Waals surface area contributed by atoms with E-state index in [1.165, 1.54) is 0 Å². The Balaban J connectivity index is 1.58. The molecule has 0 spiro atoms. The van der Waals surface area contributed by atoms with Crippen molar-refractivity contribution in [2.45, 2.75) is 65.8 Å². The van der Waals surface area contributed by atoms with E-state index in [2.05, 4.69) is 55.8 Å². The van der Waals surface area contributed by atoms with Crippen LogP contribution in [0.2, 0.25) is 0 Å². The number of rotatable bonds is 11. The van der Waals surface area contributed by atoms with Gasteiger partial charge in [-0.3, -0.25) is 19.7 Å². The van der Waals surface area contributed by atoms with Crippen LogP contribution in [-0.4, -0.2) is 82.6 Å². The molecule has 3 N–H and O–H groups in total. The van der Waals surface area contributed by atoms with Crippen LogP contribution in [0.3, 0.4) is 0 Å². The molecule has 1 fully saturated rings. The standard InChI is InChI=1S/C29H43N5O3/c1-6-32(7-2)17-21(3)30-16-25-9-8-10-27(15-25)29(36)34-22(4)18-33(19-23(34)5)20-24-11-13-26(14-12-24)28(35)31-37/h8-15,21-23,30,37H,6-7,16-20H2,1-5H3,(H,31,35)/t21?,22-,23+. The van der Waals surface area contributed by atoms with E-state index >= 15 is 0 Å². The van der Waals surface area contributed by atoms with Crippen molar-refractivity contribution in [1.29, 1.82) is 0 Å². The minimum Gasteiger partial charge on any atom is -0.331 e. The van der Waals surface area contributed by atoms with Gasteiger partial charge in [-0.05, 0) is 69.3 Å². The zero-order valence-electron chi connectivity index (χ0n) is 22.9. The zero-order chi connectivity index (χ0) is 26.9. The van der Waals surface area contributed by atoms with Gasteiger partial charge in [0.25, 0.3) is 11.8 Å². The molecule has 1 unspecified atom stereocenters. The van der Waals surface area contributed by atoms with Crippen molar-refractivity contribution >= 4 is 11.8 Å². The Hall–Kier alpha value is -2.78. The third-order valence-electron chi connectivity index (χ3n) is 7.21. The topological polar surface area (TPSA) is 88.2 Å². The summed E-state index contributed by atoms with van der Waals surface area (Å²) >= 11 is 0. The van der Waals surface area contributed by atoms with Gasteiger partial charge in [0.15, 0.2) is 0 Å². The van der Waals surface area contributed by atoms with Gasteiger partial charge >= 0.3 is 0 Å². The molecule has 0 saturated carbocycles. The summed E-state index contributed by atoms with van der Waals surface area (Å²) < 4.78 is 0. The molecule has 1 heterocycles. The summed E-state index contributed by atoms with van der Waals surface area (Å²) in [6, 6.07) is 15.7. The lowest BCUT2D eigenvalue weighted by Gasteiger charge is -2.44. The molecule has 8 nitrogen and oxygen atoms in total. The molecule has 0 aromatic heterocycles. The van der Waals surface area contributed by atoms with E-state index in [4.69, 9.17) is 5.21 Å². The van der Waals surface area contributed by atoms with Gasteiger partial charge in [-0.15, -0.1) is 0 Å². The van der Waals surface area contributed by atoms with Gasteiger partial charge in [0, 0.05) is 62.0 Å². The van der Waals surface area contributed by atoms with Crippen molar-refractivity contribution in [3.63, 3.8) is 0 Å². The number of nitrogens with zero attached hydrogens (tertiary/aromatic N) is 3. The van der Waals surface area contributed by atoms with Crippen LogP contribution in [0.25, 0.3) is 0 Å². The van der Waals surface area contributed by atoms with E-state index in [1.807, 2.05) is 35.2 Å². The number of hydrogen-bond donors (Lipinski definition) is 3. The SMILES string of the molecule is CCN(CC)CC(C)NCc1cccc(C(=O)N2[C@H](C)CN(Cc3ccc(C(=O)NO)cc3)C[C@@H]2C)c1. The van der Waals surface area contributed by atoms with Gasteiger partial charge in [-0.2, -0.15) is 0 Å². The Bertz CT molecular complexity index is 1010. The molecule has 8 heteroatoms. The summed E-state index contributed by atoms with van der Waals surface area (Å²) in [5.41, 5.74) is 5.02. The smallest absolute Gasteiger partial charge is 0.274 e. The number of hydroxylamine groups is 1. The summed E-state index contributed by atoms with van der Waals surface area (Å²) in [6.07, 6.45) is 0. The molecule has 0 bridgehead atoms. The first kappa shape index (κ1) is 28.8. The molecule has 0 aliphatic carbocycles. The summed E-state index contributed by atoms with van der Waals surface area (Å²) in [5, 5.41) is 12.4. The number of benzene rings is 2. The molecule has 3 rings (SSSR count). The van der Waals surface area contributed by atoms with Gasteiger partial charge in [-0.1, -0.05) is 38.1 Å². The minimum atomic E-state index is -0.519. The second-order valence-electron chi connectivity index (χ2n) is 10.2. The highest BCUT2D eigenvalue weighted by atomic mass is 16.5. The van der Waals surface area contributed by atoms with Crippen molar-refractivity contribution in [3.8, 4) is 0 Å². The van der Waals surface area contributed by atoms with Crippen LogP contribution in [0.1, 0.15) is 66.5 Å². The van der Waals surface area contributed by atoms with E-state index in [0.717, 1.165) is 62.5 Å². The highest BCUT2D eigenvalue weighted by Gasteiger charge is 2.33. The molecule has 1 aliphatic heterocycles. The first-order valence-electron chi connectivity index (χ1n) is 13.4. The molecule has 1 aliphatic rings. The fourth-order valence-corrected chi connectivity index (χ4v) is 5.24. The third kappa shape index (κ3) is 7.85. The highest BCUT2D eigenvalue weighted by molar-refractivity contribution is 5.95. The Kier molecular flexibility index (Phi) is 10.6. The van der Waals surface area contributed by atoms with E-state index < -0.39 is 5.91 Å². The number of amides is 2. The molecule has 3 atom stereocenters. The normalized spacial score (nSPS) is 19.2. The van der Waals surface area contributed by atoms with E-state index in [9.17, 15) is 9.59 Å². The molecular formula is C29H43N5O3. The Morgan fingerprint density at radius 1 is 1.00 bits per heavy atom. The predicted molar refractivity (Wildman–Crippen MR) is 147 cm³/mol. The maximum Gasteiger partial charge on any atom is 0.274 e. The lowest BCUT2D eigenvalue weighted by atomic mass is 10.0. The molecule has 202 valence electrons. The van der Waals surface area contributed by atoms with Crippen LogP contribution >= 0.6 is 0 Å². The molecule has 2 aromatic rings. The second kappa shape index (κ2) is 13.7. The fourth-order valence-electron chi connectivity index (χ4n) is 5.24. The number of nitrogens with one attached hydrogen (secondary N) is 2. The Labute approximate surface area is 221 Å². The molecule has 2 aromatic carbocycles. The van der Waals surface area contributed by atoms with Gasteiger partial charge < -0.3 is 15.1 Å². The Morgan fingerprint density at radius 2 is 1.65 bits per heavy atom. The van der Waals surface area contributed by atoms with Gasteiger partial charge in [0.05, 0.1) is 0 Å². The molecule has 37 heavy (non-hydrogen) atoms. The van der Waals surface area contributed by atoms with E-state index in [0.29, 0.717) is 11.6 Å². The monoisotopic (exact) mass is 509 g/mol. The minimum absolute atomic E-state index is 0.0755. The average molecular weight is 510 g/mol. The molecule has 0 radical (unpaired) electrons. The van der Waals surface area contributed by atoms with Crippen LogP contribution in [0, 0.1) is 0 Å². The summed E-state index contributed by atoms with van der Waals surface area (Å²) in [5.74, 6) is -0.438. The summed E-state index contributed by atoms with van der Waals surface area (Å²) in [6.45, 7) is 16.9. The van der Waals surface area contributed by atoms with Gasteiger partial charge in [0.1, 0.15) is 0 Å². The van der Waals surface area contributed by atoms with E-state index in [1.54, 1.807) is 17.6 Å². The largest absolute Gasteiger partial charge is 0.331 e. The first-order valence-corrected chi connectivity index (χ1v) is 13.4. The zero-order valence-corrected chi connectivity index (χ0v) is 22.9. The summed E-state index contributed by atoms with van der Waals surface area (Å²) in [7, 11) is 0. The van der Waals surface area contributed by atoms with Crippen LogP contribution < -0.4 is 10.8 Å². The average Bonchev–Trinajstić information content (AvgIpc) is 2.90. The van der Waals surface area contributed by atoms with Crippen LogP contribution in [0.5, 0.6) is 0 Å². The van der Waals surface area contributed by atoms with Crippen LogP contribution in [0.15, 0.2) is 48.5 Å². The van der Waals surface area contributed by atoms with Crippen molar-refractivity contribution in [3.05, 3.63) is 70.8 Å².